The van der Waals surface area contributed by atoms with Gasteiger partial charge in [0.1, 0.15) is 22.3 Å². The van der Waals surface area contributed by atoms with Crippen LogP contribution >= 0.6 is 23.2 Å². The summed E-state index contributed by atoms with van der Waals surface area (Å²) in [5.74, 6) is -2.15. The van der Waals surface area contributed by atoms with Gasteiger partial charge in [-0.1, -0.05) is 23.2 Å². The van der Waals surface area contributed by atoms with Crippen LogP contribution in [-0.4, -0.2) is 17.8 Å². The summed E-state index contributed by atoms with van der Waals surface area (Å²) in [6, 6.07) is 17.3. The zero-order chi connectivity index (χ0) is 22.8. The Morgan fingerprint density at radius 3 is 2.09 bits per heavy atom. The number of rotatable bonds is 5. The molecule has 0 saturated carbocycles. The van der Waals surface area contributed by atoms with Crippen LogP contribution in [0.4, 0.5) is 15.8 Å². The van der Waals surface area contributed by atoms with E-state index in [0.29, 0.717) is 16.5 Å². The Morgan fingerprint density at radius 1 is 0.844 bits per heavy atom. The smallest absolute Gasteiger partial charge is 0.343 e. The largest absolute Gasteiger partial charge is 0.423 e. The maximum atomic E-state index is 13.2. The molecule has 160 valence electrons. The maximum Gasteiger partial charge on any atom is 0.343 e. The van der Waals surface area contributed by atoms with Crippen molar-refractivity contribution in [1.29, 1.82) is 0 Å². The number of anilines is 2. The molecule has 1 heterocycles. The third-order valence-electron chi connectivity index (χ3n) is 4.53. The molecule has 4 rings (SSSR count). The lowest BCUT2D eigenvalue weighted by atomic mass is 10.2. The molecule has 0 aliphatic carbocycles. The number of ether oxygens (including phenoxy) is 1. The van der Waals surface area contributed by atoms with Gasteiger partial charge in [-0.05, 0) is 72.8 Å². The van der Waals surface area contributed by atoms with Crippen molar-refractivity contribution >= 4 is 52.4 Å². The van der Waals surface area contributed by atoms with Gasteiger partial charge in [-0.3, -0.25) is 9.59 Å². The summed E-state index contributed by atoms with van der Waals surface area (Å²) in [6.45, 7) is 0. The summed E-state index contributed by atoms with van der Waals surface area (Å²) in [5.41, 5.74) is 0.754. The van der Waals surface area contributed by atoms with Gasteiger partial charge in [0.05, 0.1) is 11.3 Å². The first-order chi connectivity index (χ1) is 15.3. The standard InChI is InChI=1S/C23H13Cl2FN2O4/c24-14-3-11-18(12-4-14)32-23(31)13-1-7-16(8-2-13)27-20-19(25)21(29)28(22(20)30)17-9-5-15(26)6-10-17/h1-12,27H. The average molecular weight is 471 g/mol. The lowest BCUT2D eigenvalue weighted by Crippen LogP contribution is -2.32. The van der Waals surface area contributed by atoms with Crippen molar-refractivity contribution in [2.45, 2.75) is 0 Å². The lowest BCUT2D eigenvalue weighted by Gasteiger charge is -2.15. The van der Waals surface area contributed by atoms with Crippen LogP contribution < -0.4 is 15.0 Å². The normalized spacial score (nSPS) is 13.5. The van der Waals surface area contributed by atoms with Crippen LogP contribution in [0, 0.1) is 5.82 Å². The minimum Gasteiger partial charge on any atom is -0.423 e. The van der Waals surface area contributed by atoms with Gasteiger partial charge in [0.2, 0.25) is 0 Å². The number of benzene rings is 3. The van der Waals surface area contributed by atoms with Gasteiger partial charge in [-0.15, -0.1) is 0 Å². The molecule has 0 radical (unpaired) electrons. The van der Waals surface area contributed by atoms with Crippen molar-refractivity contribution in [2.24, 2.45) is 0 Å². The Bertz CT molecular complexity index is 1240. The summed E-state index contributed by atoms with van der Waals surface area (Å²) in [5, 5.41) is 3.02. The second kappa shape index (κ2) is 8.82. The predicted octanol–water partition coefficient (Wildman–Crippen LogP) is 5.13. The fourth-order valence-corrected chi connectivity index (χ4v) is 3.28. The maximum absolute atomic E-state index is 13.2. The van der Waals surface area contributed by atoms with Crippen LogP contribution in [-0.2, 0) is 9.59 Å². The van der Waals surface area contributed by atoms with Crippen LogP contribution in [0.5, 0.6) is 5.75 Å². The van der Waals surface area contributed by atoms with Gasteiger partial charge in [0.15, 0.2) is 0 Å². The molecule has 0 aromatic heterocycles. The number of halogens is 3. The Labute approximate surface area is 191 Å². The van der Waals surface area contributed by atoms with E-state index in [-0.39, 0.29) is 22.0 Å². The van der Waals surface area contributed by atoms with Crippen LogP contribution in [0.1, 0.15) is 10.4 Å². The summed E-state index contributed by atoms with van der Waals surface area (Å²) in [6.07, 6.45) is 0. The molecule has 0 bridgehead atoms. The molecule has 1 aliphatic rings. The van der Waals surface area contributed by atoms with Gasteiger partial charge in [0, 0.05) is 10.7 Å². The SMILES string of the molecule is O=C(Oc1ccc(Cl)cc1)c1ccc(NC2=C(Cl)C(=O)N(c3ccc(F)cc3)C2=O)cc1. The van der Waals surface area contributed by atoms with E-state index in [9.17, 15) is 18.8 Å². The first-order valence-electron chi connectivity index (χ1n) is 9.22. The van der Waals surface area contributed by atoms with Crippen LogP contribution in [0.15, 0.2) is 83.5 Å². The molecule has 0 atom stereocenters. The third-order valence-corrected chi connectivity index (χ3v) is 5.13. The van der Waals surface area contributed by atoms with E-state index in [2.05, 4.69) is 5.32 Å². The molecule has 2 amide bonds. The van der Waals surface area contributed by atoms with Gasteiger partial charge >= 0.3 is 5.97 Å². The molecule has 0 saturated heterocycles. The molecular formula is C23H13Cl2FN2O4. The lowest BCUT2D eigenvalue weighted by molar-refractivity contribution is -0.120. The molecular weight excluding hydrogens is 458 g/mol. The summed E-state index contributed by atoms with van der Waals surface area (Å²) in [4.78, 5) is 38.3. The minimum atomic E-state index is -0.728. The number of nitrogens with zero attached hydrogens (tertiary/aromatic N) is 1. The third kappa shape index (κ3) is 4.34. The van der Waals surface area contributed by atoms with E-state index in [4.69, 9.17) is 27.9 Å². The van der Waals surface area contributed by atoms with Gasteiger partial charge in [-0.25, -0.2) is 14.1 Å². The average Bonchev–Trinajstić information content (AvgIpc) is 3.00. The number of amides is 2. The van der Waals surface area contributed by atoms with Gasteiger partial charge in [-0.2, -0.15) is 0 Å². The van der Waals surface area contributed by atoms with Crippen molar-refractivity contribution in [3.63, 3.8) is 0 Å². The zero-order valence-electron chi connectivity index (χ0n) is 16.1. The number of esters is 1. The van der Waals surface area contributed by atoms with Crippen molar-refractivity contribution in [1.82, 2.24) is 0 Å². The fraction of sp³-hybridized carbons (Fsp3) is 0. The molecule has 0 fully saturated rings. The molecule has 3 aromatic rings. The second-order valence-electron chi connectivity index (χ2n) is 6.66. The van der Waals surface area contributed by atoms with E-state index in [0.717, 1.165) is 17.0 Å². The molecule has 6 nitrogen and oxygen atoms in total. The van der Waals surface area contributed by atoms with Crippen molar-refractivity contribution < 1.29 is 23.5 Å². The van der Waals surface area contributed by atoms with Gasteiger partial charge < -0.3 is 10.1 Å². The van der Waals surface area contributed by atoms with E-state index >= 15 is 0 Å². The molecule has 1 aliphatic heterocycles. The van der Waals surface area contributed by atoms with Crippen molar-refractivity contribution in [3.8, 4) is 5.75 Å². The molecule has 9 heteroatoms. The van der Waals surface area contributed by atoms with Crippen LogP contribution in [0.2, 0.25) is 5.02 Å². The Hall–Kier alpha value is -3.68. The van der Waals surface area contributed by atoms with E-state index in [1.807, 2.05) is 0 Å². The minimum absolute atomic E-state index is 0.127. The van der Waals surface area contributed by atoms with Crippen molar-refractivity contribution in [3.05, 3.63) is 99.9 Å². The molecule has 0 unspecified atom stereocenters. The first kappa shape index (κ1) is 21.5. The van der Waals surface area contributed by atoms with E-state index < -0.39 is 23.6 Å². The topological polar surface area (TPSA) is 75.7 Å². The number of nitrogens with one attached hydrogen (secondary N) is 1. The molecule has 32 heavy (non-hydrogen) atoms. The number of hydrogen-bond acceptors (Lipinski definition) is 5. The Morgan fingerprint density at radius 2 is 1.47 bits per heavy atom. The highest BCUT2D eigenvalue weighted by Crippen LogP contribution is 2.30. The number of hydrogen-bond donors (Lipinski definition) is 1. The summed E-state index contributed by atoms with van der Waals surface area (Å²) >= 11 is 11.9. The monoisotopic (exact) mass is 470 g/mol. The molecule has 1 N–H and O–H groups in total. The van der Waals surface area contributed by atoms with Gasteiger partial charge in [0.25, 0.3) is 11.8 Å². The Balaban J connectivity index is 1.47. The highest BCUT2D eigenvalue weighted by molar-refractivity contribution is 6.53. The summed E-state index contributed by atoms with van der Waals surface area (Å²) < 4.78 is 18.4. The number of carbonyl (C=O) groups is 3. The second-order valence-corrected chi connectivity index (χ2v) is 7.47. The number of carbonyl (C=O) groups excluding carboxylic acids is 3. The van der Waals surface area contributed by atoms with Crippen LogP contribution in [0.3, 0.4) is 0 Å². The first-order valence-corrected chi connectivity index (χ1v) is 9.98. The molecule has 0 spiro atoms. The zero-order valence-corrected chi connectivity index (χ0v) is 17.7. The van der Waals surface area contributed by atoms with Crippen molar-refractivity contribution in [2.75, 3.05) is 10.2 Å². The van der Waals surface area contributed by atoms with Crippen LogP contribution in [0.25, 0.3) is 0 Å². The summed E-state index contributed by atoms with van der Waals surface area (Å²) in [7, 11) is 0. The molecule has 3 aromatic carbocycles. The predicted molar refractivity (Wildman–Crippen MR) is 118 cm³/mol. The fourth-order valence-electron chi connectivity index (χ4n) is 2.94. The highest BCUT2D eigenvalue weighted by atomic mass is 35.5. The highest BCUT2D eigenvalue weighted by Gasteiger charge is 2.38. The quantitative estimate of drug-likeness (QED) is 0.317. The number of imide groups is 1. The Kier molecular flexibility index (Phi) is 5.94. The van der Waals surface area contributed by atoms with E-state index in [1.165, 1.54) is 36.4 Å². The van der Waals surface area contributed by atoms with E-state index in [1.54, 1.807) is 24.3 Å².